The molecular formula is C13H20N4O3S. The average molecular weight is 312 g/mol. The molecule has 3 N–H and O–H groups in total. The highest BCUT2D eigenvalue weighted by Gasteiger charge is 2.22. The SMILES string of the molecule is CCNCc1cc(S(=O)(=O)NC(C)c2ncc(C)o2)c[nH]1. The van der Waals surface area contributed by atoms with Gasteiger partial charge in [-0.2, -0.15) is 4.72 Å². The fourth-order valence-electron chi connectivity index (χ4n) is 1.86. The van der Waals surface area contributed by atoms with Gasteiger partial charge in [-0.15, -0.1) is 0 Å². The number of aromatic amines is 1. The quantitative estimate of drug-likeness (QED) is 0.718. The molecule has 0 saturated carbocycles. The zero-order chi connectivity index (χ0) is 15.5. The third kappa shape index (κ3) is 3.93. The maximum Gasteiger partial charge on any atom is 0.242 e. The lowest BCUT2D eigenvalue weighted by atomic mass is 10.4. The molecule has 2 aromatic rings. The summed E-state index contributed by atoms with van der Waals surface area (Å²) in [6, 6.07) is 1.08. The minimum absolute atomic E-state index is 0.200. The van der Waals surface area contributed by atoms with Crippen molar-refractivity contribution in [2.24, 2.45) is 0 Å². The van der Waals surface area contributed by atoms with Crippen molar-refractivity contribution in [3.8, 4) is 0 Å². The molecule has 7 nitrogen and oxygen atoms in total. The molecule has 116 valence electrons. The van der Waals surface area contributed by atoms with Gasteiger partial charge in [-0.1, -0.05) is 6.92 Å². The first kappa shape index (κ1) is 15.7. The molecule has 1 unspecified atom stereocenters. The van der Waals surface area contributed by atoms with Gasteiger partial charge < -0.3 is 14.7 Å². The maximum absolute atomic E-state index is 12.3. The molecule has 0 aliphatic rings. The normalized spacial score (nSPS) is 13.5. The molecule has 0 fully saturated rings. The second-order valence-corrected chi connectivity index (χ2v) is 6.51. The van der Waals surface area contributed by atoms with E-state index >= 15 is 0 Å². The molecule has 2 aromatic heterocycles. The lowest BCUT2D eigenvalue weighted by Gasteiger charge is -2.09. The van der Waals surface area contributed by atoms with Crippen LogP contribution in [0.25, 0.3) is 0 Å². The molecule has 21 heavy (non-hydrogen) atoms. The lowest BCUT2D eigenvalue weighted by molar-refractivity contribution is 0.428. The standard InChI is InChI=1S/C13H20N4O3S/c1-4-14-7-11-5-12(8-15-11)21(18,19)17-10(3)13-16-6-9(2)20-13/h5-6,8,10,14-15,17H,4,7H2,1-3H3. The summed E-state index contributed by atoms with van der Waals surface area (Å²) in [6.07, 6.45) is 3.04. The van der Waals surface area contributed by atoms with Crippen LogP contribution < -0.4 is 10.0 Å². The van der Waals surface area contributed by atoms with Gasteiger partial charge in [0.2, 0.25) is 15.9 Å². The van der Waals surface area contributed by atoms with E-state index in [2.05, 4.69) is 20.0 Å². The Morgan fingerprint density at radius 1 is 1.48 bits per heavy atom. The number of nitrogens with zero attached hydrogens (tertiary/aromatic N) is 1. The summed E-state index contributed by atoms with van der Waals surface area (Å²) in [5.41, 5.74) is 0.817. The van der Waals surface area contributed by atoms with Crippen molar-refractivity contribution < 1.29 is 12.8 Å². The predicted octanol–water partition coefficient (Wildman–Crippen LogP) is 1.46. The number of hydrogen-bond donors (Lipinski definition) is 3. The van der Waals surface area contributed by atoms with Gasteiger partial charge >= 0.3 is 0 Å². The molecule has 0 aliphatic heterocycles. The van der Waals surface area contributed by atoms with Crippen molar-refractivity contribution in [3.63, 3.8) is 0 Å². The largest absolute Gasteiger partial charge is 0.444 e. The minimum Gasteiger partial charge on any atom is -0.444 e. The summed E-state index contributed by atoms with van der Waals surface area (Å²) in [7, 11) is -3.61. The molecule has 0 amide bonds. The molecule has 0 aromatic carbocycles. The summed E-state index contributed by atoms with van der Waals surface area (Å²) >= 11 is 0. The van der Waals surface area contributed by atoms with E-state index in [0.717, 1.165) is 12.2 Å². The Hall–Kier alpha value is -1.64. The second kappa shape index (κ2) is 6.42. The monoisotopic (exact) mass is 312 g/mol. The van der Waals surface area contributed by atoms with Gasteiger partial charge in [0.1, 0.15) is 5.76 Å². The molecule has 8 heteroatoms. The van der Waals surface area contributed by atoms with Crippen molar-refractivity contribution in [2.75, 3.05) is 6.54 Å². The smallest absolute Gasteiger partial charge is 0.242 e. The van der Waals surface area contributed by atoms with E-state index in [1.165, 1.54) is 6.20 Å². The van der Waals surface area contributed by atoms with Gasteiger partial charge in [-0.25, -0.2) is 13.4 Å². The van der Waals surface area contributed by atoms with Crippen molar-refractivity contribution in [2.45, 2.75) is 38.3 Å². The van der Waals surface area contributed by atoms with E-state index in [0.29, 0.717) is 18.2 Å². The Kier molecular flexibility index (Phi) is 4.81. The highest BCUT2D eigenvalue weighted by Crippen LogP contribution is 2.17. The molecule has 2 rings (SSSR count). The Morgan fingerprint density at radius 3 is 2.86 bits per heavy atom. The van der Waals surface area contributed by atoms with E-state index in [1.807, 2.05) is 6.92 Å². The van der Waals surface area contributed by atoms with E-state index < -0.39 is 16.1 Å². The second-order valence-electron chi connectivity index (χ2n) is 4.79. The van der Waals surface area contributed by atoms with Gasteiger partial charge in [0.05, 0.1) is 17.1 Å². The van der Waals surface area contributed by atoms with Crippen molar-refractivity contribution in [3.05, 3.63) is 35.8 Å². The van der Waals surface area contributed by atoms with Gasteiger partial charge in [0.15, 0.2) is 0 Å². The fourth-order valence-corrected chi connectivity index (χ4v) is 3.07. The highest BCUT2D eigenvalue weighted by molar-refractivity contribution is 7.89. The first-order valence-electron chi connectivity index (χ1n) is 6.75. The fraction of sp³-hybridized carbons (Fsp3) is 0.462. The van der Waals surface area contributed by atoms with E-state index in [1.54, 1.807) is 26.1 Å². The number of aromatic nitrogens is 2. The van der Waals surface area contributed by atoms with Crippen molar-refractivity contribution >= 4 is 10.0 Å². The van der Waals surface area contributed by atoms with Gasteiger partial charge in [0.25, 0.3) is 0 Å². The molecule has 0 aliphatic carbocycles. The Balaban J connectivity index is 2.09. The van der Waals surface area contributed by atoms with Crippen LogP contribution in [0, 0.1) is 6.92 Å². The van der Waals surface area contributed by atoms with Crippen LogP contribution in [-0.2, 0) is 16.6 Å². The predicted molar refractivity (Wildman–Crippen MR) is 78.1 cm³/mol. The van der Waals surface area contributed by atoms with Gasteiger partial charge in [-0.05, 0) is 26.5 Å². The summed E-state index contributed by atoms with van der Waals surface area (Å²) < 4.78 is 32.5. The molecule has 0 saturated heterocycles. The highest BCUT2D eigenvalue weighted by atomic mass is 32.2. The number of sulfonamides is 1. The minimum atomic E-state index is -3.61. The third-order valence-corrected chi connectivity index (χ3v) is 4.45. The number of nitrogens with one attached hydrogen (secondary N) is 3. The van der Waals surface area contributed by atoms with Crippen LogP contribution in [0.4, 0.5) is 0 Å². The Morgan fingerprint density at radius 2 is 2.24 bits per heavy atom. The number of hydrogen-bond acceptors (Lipinski definition) is 5. The average Bonchev–Trinajstić information content (AvgIpc) is 3.05. The summed E-state index contributed by atoms with van der Waals surface area (Å²) in [5, 5.41) is 3.13. The molecule has 0 spiro atoms. The molecule has 2 heterocycles. The first-order chi connectivity index (χ1) is 9.92. The zero-order valence-electron chi connectivity index (χ0n) is 12.3. The number of H-pyrrole nitrogens is 1. The van der Waals surface area contributed by atoms with Crippen LogP contribution in [0.5, 0.6) is 0 Å². The van der Waals surface area contributed by atoms with Crippen molar-refractivity contribution in [1.82, 2.24) is 20.0 Å². The summed E-state index contributed by atoms with van der Waals surface area (Å²) in [5.74, 6) is 0.991. The third-order valence-electron chi connectivity index (χ3n) is 2.93. The molecule has 0 radical (unpaired) electrons. The van der Waals surface area contributed by atoms with Gasteiger partial charge in [0, 0.05) is 18.4 Å². The van der Waals surface area contributed by atoms with Crippen molar-refractivity contribution in [1.29, 1.82) is 0 Å². The van der Waals surface area contributed by atoms with Crippen LogP contribution in [0.1, 0.15) is 37.2 Å². The number of rotatable bonds is 7. The number of aryl methyl sites for hydroxylation is 1. The number of oxazole rings is 1. The lowest BCUT2D eigenvalue weighted by Crippen LogP contribution is -2.26. The summed E-state index contributed by atoms with van der Waals surface area (Å²) in [4.78, 5) is 7.17. The maximum atomic E-state index is 12.3. The van der Waals surface area contributed by atoms with E-state index in [-0.39, 0.29) is 4.90 Å². The molecular weight excluding hydrogens is 292 g/mol. The Bertz CT molecular complexity index is 690. The van der Waals surface area contributed by atoms with Gasteiger partial charge in [-0.3, -0.25) is 0 Å². The van der Waals surface area contributed by atoms with Crippen LogP contribution in [0.15, 0.2) is 27.8 Å². The van der Waals surface area contributed by atoms with Crippen LogP contribution in [0.2, 0.25) is 0 Å². The Labute approximate surface area is 124 Å². The van der Waals surface area contributed by atoms with Crippen LogP contribution in [-0.4, -0.2) is 24.9 Å². The van der Waals surface area contributed by atoms with E-state index in [9.17, 15) is 8.42 Å². The topological polar surface area (TPSA) is 100 Å². The van der Waals surface area contributed by atoms with Crippen LogP contribution >= 0.6 is 0 Å². The van der Waals surface area contributed by atoms with E-state index in [4.69, 9.17) is 4.42 Å². The molecule has 0 bridgehead atoms. The zero-order valence-corrected chi connectivity index (χ0v) is 13.1. The summed E-state index contributed by atoms with van der Waals surface area (Å²) in [6.45, 7) is 6.86. The van der Waals surface area contributed by atoms with Crippen LogP contribution in [0.3, 0.4) is 0 Å². The molecule has 1 atom stereocenters. The first-order valence-corrected chi connectivity index (χ1v) is 8.23.